The third-order valence-corrected chi connectivity index (χ3v) is 4.83. The summed E-state index contributed by atoms with van der Waals surface area (Å²) < 4.78 is 0. The molecule has 0 saturated carbocycles. The summed E-state index contributed by atoms with van der Waals surface area (Å²) in [7, 11) is 0. The second-order valence-electron chi connectivity index (χ2n) is 7.27. The predicted molar refractivity (Wildman–Crippen MR) is 91.7 cm³/mol. The first kappa shape index (κ1) is 17.0. The van der Waals surface area contributed by atoms with Gasteiger partial charge in [-0.15, -0.1) is 0 Å². The van der Waals surface area contributed by atoms with Crippen LogP contribution in [0.25, 0.3) is 0 Å². The van der Waals surface area contributed by atoms with Gasteiger partial charge in [0, 0.05) is 11.5 Å². The van der Waals surface area contributed by atoms with Crippen molar-refractivity contribution in [3.63, 3.8) is 0 Å². The average molecular weight is 302 g/mol. The van der Waals surface area contributed by atoms with Crippen LogP contribution >= 0.6 is 0 Å². The van der Waals surface area contributed by atoms with E-state index in [0.717, 1.165) is 38.8 Å². The lowest BCUT2D eigenvalue weighted by molar-refractivity contribution is -0.131. The van der Waals surface area contributed by atoms with Gasteiger partial charge < -0.3 is 10.6 Å². The summed E-state index contributed by atoms with van der Waals surface area (Å²) >= 11 is 0. The molecule has 1 amide bonds. The molecule has 3 heteroatoms. The zero-order valence-corrected chi connectivity index (χ0v) is 14.2. The lowest BCUT2D eigenvalue weighted by atomic mass is 9.84. The molecule has 1 saturated heterocycles. The average Bonchev–Trinajstić information content (AvgIpc) is 2.50. The normalized spacial score (nSPS) is 22.3. The lowest BCUT2D eigenvalue weighted by Gasteiger charge is -2.33. The molecule has 2 rings (SSSR count). The molecule has 2 unspecified atom stereocenters. The first-order valence-electron chi connectivity index (χ1n) is 8.54. The van der Waals surface area contributed by atoms with Crippen LogP contribution in [0.5, 0.6) is 0 Å². The van der Waals surface area contributed by atoms with Gasteiger partial charge in [0.25, 0.3) is 0 Å². The molecule has 2 atom stereocenters. The van der Waals surface area contributed by atoms with Crippen LogP contribution in [0, 0.1) is 11.3 Å². The molecule has 1 aliphatic rings. The Morgan fingerprint density at radius 1 is 1.32 bits per heavy atom. The van der Waals surface area contributed by atoms with Gasteiger partial charge in [-0.25, -0.2) is 0 Å². The molecule has 1 aromatic rings. The molecular formula is C19H30N2O. The zero-order valence-electron chi connectivity index (χ0n) is 14.2. The first-order chi connectivity index (χ1) is 10.5. The molecule has 0 radical (unpaired) electrons. The smallest absolute Gasteiger partial charge is 0.225 e. The van der Waals surface area contributed by atoms with E-state index in [1.54, 1.807) is 0 Å². The van der Waals surface area contributed by atoms with Gasteiger partial charge in [0.05, 0.1) is 0 Å². The second-order valence-corrected chi connectivity index (χ2v) is 7.27. The second kappa shape index (κ2) is 7.77. The number of carbonyl (C=O) groups is 1. The fourth-order valence-electron chi connectivity index (χ4n) is 3.08. The molecule has 1 aromatic carbocycles. The van der Waals surface area contributed by atoms with Crippen LogP contribution < -0.4 is 10.6 Å². The van der Waals surface area contributed by atoms with Crippen LogP contribution in [-0.4, -0.2) is 25.0 Å². The van der Waals surface area contributed by atoms with Crippen LogP contribution in [-0.2, 0) is 11.2 Å². The number of nitrogens with one attached hydrogen (secondary N) is 2. The van der Waals surface area contributed by atoms with E-state index in [4.69, 9.17) is 0 Å². The molecule has 1 heterocycles. The highest BCUT2D eigenvalue weighted by Gasteiger charge is 2.31. The van der Waals surface area contributed by atoms with Crippen molar-refractivity contribution in [2.45, 2.75) is 52.5 Å². The van der Waals surface area contributed by atoms with E-state index in [1.807, 2.05) is 6.07 Å². The van der Waals surface area contributed by atoms with Gasteiger partial charge in [-0.1, -0.05) is 51.1 Å². The molecule has 0 aromatic heterocycles. The zero-order chi connectivity index (χ0) is 16.0. The number of rotatable bonds is 6. The van der Waals surface area contributed by atoms with E-state index in [1.165, 1.54) is 5.56 Å². The summed E-state index contributed by atoms with van der Waals surface area (Å²) in [6.45, 7) is 8.35. The fourth-order valence-corrected chi connectivity index (χ4v) is 3.08. The van der Waals surface area contributed by atoms with Crippen molar-refractivity contribution in [1.82, 2.24) is 10.6 Å². The maximum Gasteiger partial charge on any atom is 0.225 e. The Kier molecular flexibility index (Phi) is 6.01. The Balaban J connectivity index is 1.79. The van der Waals surface area contributed by atoms with Crippen LogP contribution in [0.3, 0.4) is 0 Å². The quantitative estimate of drug-likeness (QED) is 0.847. The molecule has 0 spiro atoms. The number of amides is 1. The van der Waals surface area contributed by atoms with Crippen molar-refractivity contribution in [2.75, 3.05) is 13.1 Å². The molecule has 3 nitrogen and oxygen atoms in total. The number of hydrogen-bond acceptors (Lipinski definition) is 2. The summed E-state index contributed by atoms with van der Waals surface area (Å²) in [5, 5.41) is 6.66. The van der Waals surface area contributed by atoms with Crippen LogP contribution in [0.4, 0.5) is 0 Å². The van der Waals surface area contributed by atoms with Crippen molar-refractivity contribution in [3.05, 3.63) is 35.9 Å². The highest BCUT2D eigenvalue weighted by atomic mass is 16.2. The van der Waals surface area contributed by atoms with Gasteiger partial charge in [0.15, 0.2) is 0 Å². The Labute approximate surface area is 134 Å². The van der Waals surface area contributed by atoms with Crippen LogP contribution in [0.2, 0.25) is 0 Å². The monoisotopic (exact) mass is 302 g/mol. The summed E-state index contributed by atoms with van der Waals surface area (Å²) in [5.74, 6) is 0.720. The van der Waals surface area contributed by atoms with E-state index >= 15 is 0 Å². The summed E-state index contributed by atoms with van der Waals surface area (Å²) in [6.07, 6.45) is 4.05. The van der Waals surface area contributed by atoms with E-state index < -0.39 is 0 Å². The van der Waals surface area contributed by atoms with Gasteiger partial charge in [-0.3, -0.25) is 4.79 Å². The van der Waals surface area contributed by atoms with Crippen molar-refractivity contribution in [3.8, 4) is 0 Å². The summed E-state index contributed by atoms with van der Waals surface area (Å²) in [4.78, 5) is 12.6. The Bertz CT molecular complexity index is 470. The van der Waals surface area contributed by atoms with E-state index in [2.05, 4.69) is 55.7 Å². The SMILES string of the molecule is CC1CNCCC1NC(=O)C(C)(C)CCCc1ccccc1. The Morgan fingerprint density at radius 2 is 2.05 bits per heavy atom. The molecule has 1 fully saturated rings. The predicted octanol–water partition coefficient (Wildman–Crippen LogP) is 3.15. The van der Waals surface area contributed by atoms with Crippen LogP contribution in [0.1, 0.15) is 45.6 Å². The maximum absolute atomic E-state index is 12.6. The van der Waals surface area contributed by atoms with Crippen molar-refractivity contribution in [2.24, 2.45) is 11.3 Å². The molecular weight excluding hydrogens is 272 g/mol. The Hall–Kier alpha value is -1.35. The van der Waals surface area contributed by atoms with Gasteiger partial charge in [-0.05, 0) is 50.3 Å². The molecule has 2 N–H and O–H groups in total. The number of aryl methyl sites for hydroxylation is 1. The van der Waals surface area contributed by atoms with E-state index in [9.17, 15) is 4.79 Å². The standard InChI is InChI=1S/C19H30N2O/c1-15-14-20-13-11-17(15)21-18(22)19(2,3)12-7-10-16-8-5-4-6-9-16/h4-6,8-9,15,17,20H,7,10-14H2,1-3H3,(H,21,22). The third kappa shape index (κ3) is 4.84. The first-order valence-corrected chi connectivity index (χ1v) is 8.54. The van der Waals surface area contributed by atoms with Gasteiger partial charge in [0.1, 0.15) is 0 Å². The minimum absolute atomic E-state index is 0.208. The highest BCUT2D eigenvalue weighted by molar-refractivity contribution is 5.82. The Morgan fingerprint density at radius 3 is 2.73 bits per heavy atom. The van der Waals surface area contributed by atoms with Crippen LogP contribution in [0.15, 0.2) is 30.3 Å². The van der Waals surface area contributed by atoms with E-state index in [0.29, 0.717) is 12.0 Å². The fraction of sp³-hybridized carbons (Fsp3) is 0.632. The minimum atomic E-state index is -0.292. The van der Waals surface area contributed by atoms with Crippen molar-refractivity contribution in [1.29, 1.82) is 0 Å². The largest absolute Gasteiger partial charge is 0.353 e. The molecule has 0 aliphatic carbocycles. The van der Waals surface area contributed by atoms with Gasteiger partial charge >= 0.3 is 0 Å². The molecule has 122 valence electrons. The maximum atomic E-state index is 12.6. The number of hydrogen-bond donors (Lipinski definition) is 2. The third-order valence-electron chi connectivity index (χ3n) is 4.83. The lowest BCUT2D eigenvalue weighted by Crippen LogP contribution is -2.51. The number of piperidine rings is 1. The molecule has 0 bridgehead atoms. The highest BCUT2D eigenvalue weighted by Crippen LogP contribution is 2.25. The van der Waals surface area contributed by atoms with Gasteiger partial charge in [-0.2, -0.15) is 0 Å². The number of benzene rings is 1. The van der Waals surface area contributed by atoms with E-state index in [-0.39, 0.29) is 11.3 Å². The number of carbonyl (C=O) groups excluding carboxylic acids is 1. The van der Waals surface area contributed by atoms with Crippen molar-refractivity contribution >= 4 is 5.91 Å². The molecule has 1 aliphatic heterocycles. The van der Waals surface area contributed by atoms with Gasteiger partial charge in [0.2, 0.25) is 5.91 Å². The summed E-state index contributed by atoms with van der Waals surface area (Å²) in [5.41, 5.74) is 1.06. The minimum Gasteiger partial charge on any atom is -0.353 e. The van der Waals surface area contributed by atoms with Crippen molar-refractivity contribution < 1.29 is 4.79 Å². The summed E-state index contributed by atoms with van der Waals surface area (Å²) in [6, 6.07) is 10.8. The topological polar surface area (TPSA) is 41.1 Å². The molecule has 22 heavy (non-hydrogen) atoms.